The monoisotopic (exact) mass is 412 g/mol. The van der Waals surface area contributed by atoms with E-state index in [9.17, 15) is 9.59 Å². The molecular formula is C24H32N2O2S. The minimum atomic E-state index is -0.511. The standard InChI is InChI=1S/C24H32N2O2S/c1-18(2)25-24(28)20(4)26(16-22-13-9-8-10-19(22)3)23(27)14-15-29-17-21-11-6-5-7-12-21/h5-13,18,20H,14-17H2,1-4H3,(H,25,28). The minimum absolute atomic E-state index is 0.0141. The van der Waals surface area contributed by atoms with Gasteiger partial charge in [0, 0.05) is 30.5 Å². The lowest BCUT2D eigenvalue weighted by Gasteiger charge is -2.30. The number of hydrogen-bond acceptors (Lipinski definition) is 3. The highest BCUT2D eigenvalue weighted by molar-refractivity contribution is 7.98. The van der Waals surface area contributed by atoms with Crippen molar-refractivity contribution in [2.45, 2.75) is 58.5 Å². The van der Waals surface area contributed by atoms with Gasteiger partial charge in [-0.1, -0.05) is 54.6 Å². The maximum atomic E-state index is 13.0. The van der Waals surface area contributed by atoms with Gasteiger partial charge in [-0.3, -0.25) is 9.59 Å². The van der Waals surface area contributed by atoms with Crippen LogP contribution in [0, 0.1) is 6.92 Å². The van der Waals surface area contributed by atoms with Gasteiger partial charge in [-0.25, -0.2) is 0 Å². The Morgan fingerprint density at radius 3 is 2.31 bits per heavy atom. The summed E-state index contributed by atoms with van der Waals surface area (Å²) in [5.41, 5.74) is 3.45. The quantitative estimate of drug-likeness (QED) is 0.582. The van der Waals surface area contributed by atoms with Crippen molar-refractivity contribution in [3.63, 3.8) is 0 Å². The second-order valence-electron chi connectivity index (χ2n) is 7.58. The molecule has 0 saturated carbocycles. The molecule has 0 fully saturated rings. The zero-order chi connectivity index (χ0) is 21.2. The third-order valence-corrected chi connectivity index (χ3v) is 5.80. The van der Waals surface area contributed by atoms with Crippen LogP contribution < -0.4 is 5.32 Å². The van der Waals surface area contributed by atoms with E-state index in [0.717, 1.165) is 22.6 Å². The number of aryl methyl sites for hydroxylation is 1. The van der Waals surface area contributed by atoms with Gasteiger partial charge in [0.25, 0.3) is 0 Å². The molecule has 156 valence electrons. The number of rotatable bonds is 10. The lowest BCUT2D eigenvalue weighted by molar-refractivity contribution is -0.140. The molecule has 0 radical (unpaired) electrons. The van der Waals surface area contributed by atoms with Crippen LogP contribution >= 0.6 is 11.8 Å². The highest BCUT2D eigenvalue weighted by atomic mass is 32.2. The molecule has 2 rings (SSSR count). The first-order valence-corrected chi connectivity index (χ1v) is 11.3. The molecule has 1 unspecified atom stereocenters. The molecule has 5 heteroatoms. The predicted molar refractivity (Wildman–Crippen MR) is 122 cm³/mol. The van der Waals surface area contributed by atoms with Crippen molar-refractivity contribution in [2.24, 2.45) is 0 Å². The number of benzene rings is 2. The number of carbonyl (C=O) groups is 2. The summed E-state index contributed by atoms with van der Waals surface area (Å²) in [5, 5.41) is 2.93. The van der Waals surface area contributed by atoms with Crippen molar-refractivity contribution in [2.75, 3.05) is 5.75 Å². The molecule has 0 aliphatic carbocycles. The molecule has 4 nitrogen and oxygen atoms in total. The van der Waals surface area contributed by atoms with E-state index in [1.165, 1.54) is 5.56 Å². The van der Waals surface area contributed by atoms with Crippen LogP contribution in [0.5, 0.6) is 0 Å². The van der Waals surface area contributed by atoms with Crippen molar-refractivity contribution in [1.82, 2.24) is 10.2 Å². The van der Waals surface area contributed by atoms with Crippen LogP contribution in [0.4, 0.5) is 0 Å². The van der Waals surface area contributed by atoms with Gasteiger partial charge in [-0.05, 0) is 44.4 Å². The Balaban J connectivity index is 2.01. The molecule has 0 aromatic heterocycles. The van der Waals surface area contributed by atoms with Gasteiger partial charge in [0.15, 0.2) is 0 Å². The summed E-state index contributed by atoms with van der Waals surface area (Å²) in [5.74, 6) is 1.52. The van der Waals surface area contributed by atoms with Crippen LogP contribution in [-0.4, -0.2) is 34.6 Å². The van der Waals surface area contributed by atoms with E-state index in [-0.39, 0.29) is 17.9 Å². The summed E-state index contributed by atoms with van der Waals surface area (Å²) >= 11 is 1.74. The van der Waals surface area contributed by atoms with Crippen molar-refractivity contribution in [3.05, 3.63) is 71.3 Å². The molecule has 0 bridgehead atoms. The van der Waals surface area contributed by atoms with E-state index in [1.807, 2.05) is 70.2 Å². The van der Waals surface area contributed by atoms with Crippen LogP contribution in [0.25, 0.3) is 0 Å². The normalized spacial score (nSPS) is 11.9. The summed E-state index contributed by atoms with van der Waals surface area (Å²) in [6.45, 7) is 8.15. The summed E-state index contributed by atoms with van der Waals surface area (Å²) < 4.78 is 0. The summed E-state index contributed by atoms with van der Waals surface area (Å²) in [6.07, 6.45) is 0.419. The fourth-order valence-electron chi connectivity index (χ4n) is 3.03. The molecule has 1 atom stereocenters. The highest BCUT2D eigenvalue weighted by Gasteiger charge is 2.26. The molecule has 0 spiro atoms. The van der Waals surface area contributed by atoms with Crippen molar-refractivity contribution >= 4 is 23.6 Å². The van der Waals surface area contributed by atoms with Crippen LogP contribution in [0.2, 0.25) is 0 Å². The Kier molecular flexibility index (Phi) is 9.26. The lowest BCUT2D eigenvalue weighted by atomic mass is 10.1. The maximum absolute atomic E-state index is 13.0. The van der Waals surface area contributed by atoms with Gasteiger partial charge in [-0.15, -0.1) is 0 Å². The molecule has 2 amide bonds. The topological polar surface area (TPSA) is 49.4 Å². The van der Waals surface area contributed by atoms with Crippen molar-refractivity contribution in [1.29, 1.82) is 0 Å². The first-order chi connectivity index (χ1) is 13.9. The largest absolute Gasteiger partial charge is 0.352 e. The van der Waals surface area contributed by atoms with Gasteiger partial charge < -0.3 is 10.2 Å². The smallest absolute Gasteiger partial charge is 0.242 e. The summed E-state index contributed by atoms with van der Waals surface area (Å²) in [7, 11) is 0. The molecular weight excluding hydrogens is 380 g/mol. The Hall–Kier alpha value is -2.27. The molecule has 0 aliphatic rings. The van der Waals surface area contributed by atoms with Crippen LogP contribution in [0.1, 0.15) is 43.9 Å². The van der Waals surface area contributed by atoms with E-state index in [4.69, 9.17) is 0 Å². The number of nitrogens with zero attached hydrogens (tertiary/aromatic N) is 1. The Morgan fingerprint density at radius 1 is 1.00 bits per heavy atom. The number of carbonyl (C=O) groups excluding carboxylic acids is 2. The van der Waals surface area contributed by atoms with Gasteiger partial charge in [0.2, 0.25) is 11.8 Å². The van der Waals surface area contributed by atoms with Crippen LogP contribution in [0.3, 0.4) is 0 Å². The number of nitrogens with one attached hydrogen (secondary N) is 1. The third-order valence-electron chi connectivity index (χ3n) is 4.77. The molecule has 0 saturated heterocycles. The lowest BCUT2D eigenvalue weighted by Crippen LogP contribution is -2.49. The van der Waals surface area contributed by atoms with E-state index in [2.05, 4.69) is 17.4 Å². The Morgan fingerprint density at radius 2 is 1.66 bits per heavy atom. The molecule has 2 aromatic rings. The second kappa shape index (κ2) is 11.7. The summed E-state index contributed by atoms with van der Waals surface area (Å²) in [4.78, 5) is 27.3. The average Bonchev–Trinajstić information content (AvgIpc) is 2.70. The van der Waals surface area contributed by atoms with Crippen LogP contribution in [-0.2, 0) is 21.9 Å². The first-order valence-electron chi connectivity index (χ1n) is 10.1. The maximum Gasteiger partial charge on any atom is 0.242 e. The van der Waals surface area contributed by atoms with Gasteiger partial charge in [-0.2, -0.15) is 11.8 Å². The number of thioether (sulfide) groups is 1. The zero-order valence-electron chi connectivity index (χ0n) is 17.9. The van der Waals surface area contributed by atoms with E-state index in [1.54, 1.807) is 16.7 Å². The van der Waals surface area contributed by atoms with E-state index >= 15 is 0 Å². The molecule has 2 aromatic carbocycles. The highest BCUT2D eigenvalue weighted by Crippen LogP contribution is 2.17. The van der Waals surface area contributed by atoms with E-state index < -0.39 is 6.04 Å². The van der Waals surface area contributed by atoms with Crippen molar-refractivity contribution in [3.8, 4) is 0 Å². The third kappa shape index (κ3) is 7.58. The fourth-order valence-corrected chi connectivity index (χ4v) is 3.92. The molecule has 1 N–H and O–H groups in total. The molecule has 29 heavy (non-hydrogen) atoms. The van der Waals surface area contributed by atoms with Crippen molar-refractivity contribution < 1.29 is 9.59 Å². The number of hydrogen-bond donors (Lipinski definition) is 1. The average molecular weight is 413 g/mol. The van der Waals surface area contributed by atoms with Gasteiger partial charge in [0.1, 0.15) is 6.04 Å². The Bertz CT molecular complexity index is 792. The zero-order valence-corrected chi connectivity index (χ0v) is 18.7. The SMILES string of the molecule is Cc1ccccc1CN(C(=O)CCSCc1ccccc1)C(C)C(=O)NC(C)C. The minimum Gasteiger partial charge on any atom is -0.352 e. The fraction of sp³-hybridized carbons (Fsp3) is 0.417. The van der Waals surface area contributed by atoms with Crippen LogP contribution in [0.15, 0.2) is 54.6 Å². The second-order valence-corrected chi connectivity index (χ2v) is 8.68. The first kappa shape index (κ1) is 23.0. The number of amides is 2. The molecule has 0 aliphatic heterocycles. The van der Waals surface area contributed by atoms with E-state index in [0.29, 0.717) is 13.0 Å². The molecule has 0 heterocycles. The summed E-state index contributed by atoms with van der Waals surface area (Å²) in [6, 6.07) is 17.8. The van der Waals surface area contributed by atoms with Gasteiger partial charge in [0.05, 0.1) is 0 Å². The Labute approximate surface area is 179 Å². The predicted octanol–water partition coefficient (Wildman–Crippen LogP) is 4.56. The van der Waals surface area contributed by atoms with Gasteiger partial charge >= 0.3 is 0 Å².